The summed E-state index contributed by atoms with van der Waals surface area (Å²) in [6.45, 7) is 11.9. The number of rotatable bonds is 5. The lowest BCUT2D eigenvalue weighted by molar-refractivity contribution is 0.319. The molecule has 1 aromatic rings. The van der Waals surface area contributed by atoms with E-state index in [1.807, 2.05) is 19.9 Å². The number of aromatic nitrogens is 2. The summed E-state index contributed by atoms with van der Waals surface area (Å²) < 4.78 is 0. The molecule has 1 aromatic heterocycles. The molecule has 0 amide bonds. The topological polar surface area (TPSA) is 41.0 Å². The molecule has 20 heavy (non-hydrogen) atoms. The largest absolute Gasteiger partial charge is 0.340 e. The molecule has 4 nitrogen and oxygen atoms in total. The number of nitrogens with one attached hydrogen (secondary N) is 1. The van der Waals surface area contributed by atoms with Crippen LogP contribution in [0, 0.1) is 19.8 Å². The third kappa shape index (κ3) is 3.92. The fourth-order valence-electron chi connectivity index (χ4n) is 2.99. The Hall–Kier alpha value is -1.16. The predicted molar refractivity (Wildman–Crippen MR) is 84.2 cm³/mol. The normalized spacial score (nSPS) is 21.0. The summed E-state index contributed by atoms with van der Waals surface area (Å²) in [7, 11) is 0. The van der Waals surface area contributed by atoms with Gasteiger partial charge in [0.05, 0.1) is 0 Å². The molecule has 0 aliphatic carbocycles. The minimum Gasteiger partial charge on any atom is -0.340 e. The minimum absolute atomic E-state index is 0.573. The van der Waals surface area contributed by atoms with Crippen molar-refractivity contribution >= 4 is 5.95 Å². The zero-order chi connectivity index (χ0) is 14.5. The average molecular weight is 276 g/mol. The van der Waals surface area contributed by atoms with Crippen LogP contribution in [0.25, 0.3) is 0 Å². The van der Waals surface area contributed by atoms with E-state index < -0.39 is 0 Å². The van der Waals surface area contributed by atoms with E-state index in [1.54, 1.807) is 0 Å². The summed E-state index contributed by atoms with van der Waals surface area (Å²) in [6.07, 6.45) is 3.74. The van der Waals surface area contributed by atoms with Crippen LogP contribution in [0.15, 0.2) is 6.07 Å². The van der Waals surface area contributed by atoms with Gasteiger partial charge in [0.25, 0.3) is 0 Å². The van der Waals surface area contributed by atoms with Crippen LogP contribution in [0.2, 0.25) is 0 Å². The molecule has 0 spiro atoms. The number of aryl methyl sites for hydroxylation is 2. The Kier molecular flexibility index (Phi) is 5.35. The van der Waals surface area contributed by atoms with Gasteiger partial charge in [-0.15, -0.1) is 0 Å². The van der Waals surface area contributed by atoms with Crippen molar-refractivity contribution in [3.63, 3.8) is 0 Å². The molecule has 1 fully saturated rings. The van der Waals surface area contributed by atoms with E-state index in [-0.39, 0.29) is 0 Å². The molecule has 1 N–H and O–H groups in total. The van der Waals surface area contributed by atoms with E-state index in [0.717, 1.165) is 37.0 Å². The second-order valence-electron chi connectivity index (χ2n) is 6.04. The highest BCUT2D eigenvalue weighted by atomic mass is 15.3. The van der Waals surface area contributed by atoms with Crippen LogP contribution in [0.1, 0.15) is 44.5 Å². The minimum atomic E-state index is 0.573. The van der Waals surface area contributed by atoms with Crippen molar-refractivity contribution in [2.75, 3.05) is 24.5 Å². The molecule has 2 atom stereocenters. The fraction of sp³-hybridized carbons (Fsp3) is 0.750. The average Bonchev–Trinajstić information content (AvgIpc) is 2.44. The second kappa shape index (κ2) is 7.02. The Balaban J connectivity index is 2.02. The van der Waals surface area contributed by atoms with Gasteiger partial charge in [0, 0.05) is 30.5 Å². The van der Waals surface area contributed by atoms with Gasteiger partial charge in [0.15, 0.2) is 0 Å². The standard InChI is InChI=1S/C16H28N4/c1-5-8-17-14(4)15-7-6-9-20(11-15)16-18-12(2)10-13(3)19-16/h10,14-15,17H,5-9,11H2,1-4H3. The Morgan fingerprint density at radius 3 is 2.70 bits per heavy atom. The molecule has 2 rings (SSSR count). The second-order valence-corrected chi connectivity index (χ2v) is 6.04. The summed E-state index contributed by atoms with van der Waals surface area (Å²) in [4.78, 5) is 11.6. The summed E-state index contributed by atoms with van der Waals surface area (Å²) in [5, 5.41) is 3.63. The summed E-state index contributed by atoms with van der Waals surface area (Å²) in [6, 6.07) is 2.61. The van der Waals surface area contributed by atoms with E-state index in [2.05, 4.69) is 34.0 Å². The molecular weight excluding hydrogens is 248 g/mol. The highest BCUT2D eigenvalue weighted by molar-refractivity contribution is 5.33. The molecule has 0 aromatic carbocycles. The third-order valence-corrected chi connectivity index (χ3v) is 4.13. The zero-order valence-electron chi connectivity index (χ0n) is 13.3. The molecule has 112 valence electrons. The van der Waals surface area contributed by atoms with Gasteiger partial charge in [-0.1, -0.05) is 6.92 Å². The maximum absolute atomic E-state index is 4.61. The van der Waals surface area contributed by atoms with Gasteiger partial charge in [-0.25, -0.2) is 9.97 Å². The maximum Gasteiger partial charge on any atom is 0.225 e. The van der Waals surface area contributed by atoms with Gasteiger partial charge in [0.1, 0.15) is 0 Å². The molecule has 1 aliphatic heterocycles. The molecular formula is C16H28N4. The molecule has 1 aliphatic rings. The van der Waals surface area contributed by atoms with E-state index in [1.165, 1.54) is 19.3 Å². The van der Waals surface area contributed by atoms with Crippen LogP contribution in [-0.4, -0.2) is 35.6 Å². The Bertz CT molecular complexity index is 412. The van der Waals surface area contributed by atoms with E-state index in [9.17, 15) is 0 Å². The van der Waals surface area contributed by atoms with Gasteiger partial charge in [-0.3, -0.25) is 0 Å². The predicted octanol–water partition coefficient (Wildman–Crippen LogP) is 2.70. The van der Waals surface area contributed by atoms with Crippen molar-refractivity contribution in [3.05, 3.63) is 17.5 Å². The molecule has 4 heteroatoms. The highest BCUT2D eigenvalue weighted by Crippen LogP contribution is 2.23. The lowest BCUT2D eigenvalue weighted by Gasteiger charge is -2.36. The number of anilines is 1. The fourth-order valence-corrected chi connectivity index (χ4v) is 2.99. The van der Waals surface area contributed by atoms with Crippen LogP contribution in [0.3, 0.4) is 0 Å². The van der Waals surface area contributed by atoms with Gasteiger partial charge in [-0.05, 0) is 58.6 Å². The first-order valence-corrected chi connectivity index (χ1v) is 7.90. The summed E-state index contributed by atoms with van der Waals surface area (Å²) in [5.41, 5.74) is 2.12. The van der Waals surface area contributed by atoms with Crippen LogP contribution in [0.4, 0.5) is 5.95 Å². The van der Waals surface area contributed by atoms with E-state index in [4.69, 9.17) is 0 Å². The van der Waals surface area contributed by atoms with E-state index in [0.29, 0.717) is 12.0 Å². The van der Waals surface area contributed by atoms with Crippen LogP contribution in [0.5, 0.6) is 0 Å². The van der Waals surface area contributed by atoms with Crippen molar-refractivity contribution < 1.29 is 0 Å². The van der Waals surface area contributed by atoms with Crippen molar-refractivity contribution in [1.29, 1.82) is 0 Å². The number of hydrogen-bond acceptors (Lipinski definition) is 4. The first-order valence-electron chi connectivity index (χ1n) is 7.90. The van der Waals surface area contributed by atoms with Gasteiger partial charge in [-0.2, -0.15) is 0 Å². The Morgan fingerprint density at radius 2 is 2.05 bits per heavy atom. The van der Waals surface area contributed by atoms with Crippen molar-refractivity contribution in [3.8, 4) is 0 Å². The van der Waals surface area contributed by atoms with Gasteiger partial charge in [0.2, 0.25) is 5.95 Å². The van der Waals surface area contributed by atoms with Crippen LogP contribution < -0.4 is 10.2 Å². The van der Waals surface area contributed by atoms with Gasteiger partial charge >= 0.3 is 0 Å². The summed E-state index contributed by atoms with van der Waals surface area (Å²) >= 11 is 0. The number of nitrogens with zero attached hydrogens (tertiary/aromatic N) is 3. The lowest BCUT2D eigenvalue weighted by Crippen LogP contribution is -2.45. The molecule has 2 unspecified atom stereocenters. The van der Waals surface area contributed by atoms with Gasteiger partial charge < -0.3 is 10.2 Å². The Morgan fingerprint density at radius 1 is 1.35 bits per heavy atom. The molecule has 2 heterocycles. The lowest BCUT2D eigenvalue weighted by atomic mass is 9.91. The van der Waals surface area contributed by atoms with Crippen molar-refractivity contribution in [1.82, 2.24) is 15.3 Å². The number of hydrogen-bond donors (Lipinski definition) is 1. The first kappa shape index (κ1) is 15.2. The smallest absolute Gasteiger partial charge is 0.225 e. The van der Waals surface area contributed by atoms with Crippen LogP contribution >= 0.6 is 0 Å². The summed E-state index contributed by atoms with van der Waals surface area (Å²) in [5.74, 6) is 1.61. The quantitative estimate of drug-likeness (QED) is 0.898. The monoisotopic (exact) mass is 276 g/mol. The van der Waals surface area contributed by atoms with Crippen LogP contribution in [-0.2, 0) is 0 Å². The molecule has 0 radical (unpaired) electrons. The zero-order valence-corrected chi connectivity index (χ0v) is 13.3. The molecule has 0 bridgehead atoms. The highest BCUT2D eigenvalue weighted by Gasteiger charge is 2.25. The Labute approximate surface area is 123 Å². The molecule has 0 saturated carbocycles. The first-order chi connectivity index (χ1) is 9.60. The number of piperidine rings is 1. The molecule has 1 saturated heterocycles. The maximum atomic E-state index is 4.61. The van der Waals surface area contributed by atoms with E-state index >= 15 is 0 Å². The van der Waals surface area contributed by atoms with Crippen molar-refractivity contribution in [2.24, 2.45) is 5.92 Å². The SMILES string of the molecule is CCCNC(C)C1CCCN(c2nc(C)cc(C)n2)C1. The van der Waals surface area contributed by atoms with Crippen molar-refractivity contribution in [2.45, 2.75) is 53.0 Å². The third-order valence-electron chi connectivity index (χ3n) is 4.13.